The number of carbonyl (C=O) groups excluding carboxylic acids is 6. The Kier molecular flexibility index (Phi) is 35.4. The summed E-state index contributed by atoms with van der Waals surface area (Å²) in [5.74, 6) is -9.74. The van der Waals surface area contributed by atoms with E-state index in [9.17, 15) is 89.2 Å². The Labute approximate surface area is 696 Å². The number of benzene rings is 5. The van der Waals surface area contributed by atoms with Gasteiger partial charge in [-0.2, -0.15) is 21.4 Å². The number of anilines is 1. The number of hydrogen-bond donors (Lipinski definition) is 10. The molecule has 0 radical (unpaired) electrons. The molecule has 0 fully saturated rings. The number of ketones is 3. The fourth-order valence-electron chi connectivity index (χ4n) is 15.6. The first-order valence-corrected chi connectivity index (χ1v) is 44.1. The van der Waals surface area contributed by atoms with Gasteiger partial charge in [-0.25, -0.2) is 14.4 Å². The molecule has 1 aliphatic carbocycles. The first-order valence-electron chi connectivity index (χ1n) is 40.9. The molecule has 0 bridgehead atoms. The number of unbranched alkanes of at least 4 members (excludes halogenated alkanes) is 7. The van der Waals surface area contributed by atoms with Crippen LogP contribution in [0.25, 0.3) is 0 Å². The SMILES string of the molecule is CC1(C)C(=CC=C2CCCC(C=CC3=[N+](CCCCS(=O)(=O)O)c4ccccc4C3(C)C)=C2Oc2ccc(C[C@H](NC(=O)[C@@H](CC(=O)[C@H](Cc3ccccc3)NC(=O)CCCCCCCCC(=O)C[C@H](CC(=O)CC[C@H](NC(=O)NCCCC(=O)O)C(=O)O)C(=O)O)Cc3ccccc3)C(=O)O)cc2)N(CCCCS(=O)(=O)O)c2ccccc21. The van der Waals surface area contributed by atoms with Gasteiger partial charge in [0.25, 0.3) is 20.2 Å². The number of rotatable bonds is 51. The predicted molar refractivity (Wildman–Crippen MR) is 451 cm³/mol. The van der Waals surface area contributed by atoms with Crippen LogP contribution in [0.3, 0.4) is 0 Å². The molecule has 2 heterocycles. The maximum atomic E-state index is 14.7. The molecule has 27 nitrogen and oxygen atoms in total. The van der Waals surface area contributed by atoms with E-state index in [2.05, 4.69) is 94.9 Å². The molecule has 0 saturated heterocycles. The second-order valence-corrected chi connectivity index (χ2v) is 35.1. The average Bonchev–Trinajstić information content (AvgIpc) is 1.60. The number of urea groups is 1. The van der Waals surface area contributed by atoms with Crippen LogP contribution in [0.2, 0.25) is 0 Å². The normalized spacial score (nSPS) is 16.3. The number of nitrogens with one attached hydrogen (secondary N) is 4. The predicted octanol–water partition coefficient (Wildman–Crippen LogP) is 12.9. The van der Waals surface area contributed by atoms with Crippen molar-refractivity contribution in [2.45, 2.75) is 217 Å². The number of allylic oxidation sites excluding steroid dienone is 7. The minimum atomic E-state index is -4.16. The zero-order chi connectivity index (χ0) is 86.5. The maximum absolute atomic E-state index is 14.7. The number of carbonyl (C=O) groups is 10. The molecular weight excluding hydrogens is 1570 g/mol. The summed E-state index contributed by atoms with van der Waals surface area (Å²) in [6.45, 7) is 9.51. The molecule has 8 rings (SSSR count). The van der Waals surface area contributed by atoms with Crippen LogP contribution in [0.1, 0.15) is 197 Å². The quantitative estimate of drug-likeness (QED) is 0.00982. The Morgan fingerprint density at radius 3 is 1.72 bits per heavy atom. The third kappa shape index (κ3) is 29.6. The van der Waals surface area contributed by atoms with Crippen molar-refractivity contribution < 1.29 is 104 Å². The number of amides is 4. The molecule has 5 aromatic rings. The van der Waals surface area contributed by atoms with Crippen molar-refractivity contribution >= 4 is 96.4 Å². The minimum Gasteiger partial charge on any atom is -0.481 e. The number of aliphatic carboxylic acids is 4. The first-order chi connectivity index (χ1) is 56.6. The lowest BCUT2D eigenvalue weighted by atomic mass is 9.81. The highest BCUT2D eigenvalue weighted by Gasteiger charge is 2.45. The standard InChI is InChI=1S/C90H112N6O21S2/c1-89(2)71-34-17-19-36-76(71)95(51-21-23-53-118(111,112)113)79(89)48-42-64-31-25-32-65(43-49-80-90(3,4)72-35-18-20-37-77(72)96(80)52-22-24-54-119(114,115)116)83(64)117-70-45-40-63(41-46-70)57-75(87(108)109)93-84(103)66(55-61-27-11-9-12-28-61)60-78(99)74(56-62-29-13-10-14-30-62)92-81(100)38-16-8-6-5-7-15-33-68(97)58-67(85(104)105)59-69(98)44-47-73(86(106)107)94-88(110)91-50-26-39-82(101)102/h9-14,17-20,27-30,34-37,40-43,45-46,48-49,66-67,73-75H,5-8,15-16,21-26,31-33,38-39,44,47,50-60H2,1-4H3,(H9-,91,92,93,94,100,101,102,103,104,105,106,107,108,109,110,111,112,113,114,115,116)/p+1/t66-,67-,73+,74+,75+/m1/s1. The van der Waals surface area contributed by atoms with Gasteiger partial charge < -0.3 is 51.3 Å². The fraction of sp³-hybridized carbons (Fsp3) is 0.456. The van der Waals surface area contributed by atoms with E-state index in [4.69, 9.17) is 9.84 Å². The first kappa shape index (κ1) is 93.7. The van der Waals surface area contributed by atoms with Gasteiger partial charge >= 0.3 is 29.9 Å². The number of carboxylic acid groups (broad SMARTS) is 4. The minimum absolute atomic E-state index is 0.0318. The topological polar surface area (TPSA) is 424 Å². The highest BCUT2D eigenvalue weighted by Crippen LogP contribution is 2.48. The van der Waals surface area contributed by atoms with Crippen molar-refractivity contribution in [3.05, 3.63) is 208 Å². The molecule has 0 aromatic heterocycles. The van der Waals surface area contributed by atoms with E-state index in [1.165, 1.54) is 0 Å². The van der Waals surface area contributed by atoms with Crippen LogP contribution >= 0.6 is 0 Å². The van der Waals surface area contributed by atoms with Gasteiger partial charge in [0.1, 0.15) is 41.7 Å². The van der Waals surface area contributed by atoms with E-state index >= 15 is 0 Å². The second kappa shape index (κ2) is 44.9. The molecule has 0 spiro atoms. The van der Waals surface area contributed by atoms with Gasteiger partial charge in [0.05, 0.1) is 28.9 Å². The summed E-state index contributed by atoms with van der Waals surface area (Å²) in [5.41, 5.74) is 8.94. The summed E-state index contributed by atoms with van der Waals surface area (Å²) in [4.78, 5) is 131. The lowest BCUT2D eigenvalue weighted by Crippen LogP contribution is -2.47. The van der Waals surface area contributed by atoms with E-state index in [-0.39, 0.29) is 107 Å². The molecule has 0 unspecified atom stereocenters. The van der Waals surface area contributed by atoms with Crippen LogP contribution < -0.4 is 30.9 Å². The van der Waals surface area contributed by atoms with Gasteiger partial charge in [-0.3, -0.25) is 42.7 Å². The summed E-state index contributed by atoms with van der Waals surface area (Å²) in [6.07, 6.45) is 13.4. The number of hydrogen-bond acceptors (Lipinski definition) is 16. The Hall–Kier alpha value is -10.8. The largest absolute Gasteiger partial charge is 0.481 e. The Morgan fingerprint density at radius 2 is 1.09 bits per heavy atom. The monoisotopic (exact) mass is 1680 g/mol. The zero-order valence-corrected chi connectivity index (χ0v) is 69.8. The lowest BCUT2D eigenvalue weighted by Gasteiger charge is -2.27. The lowest BCUT2D eigenvalue weighted by molar-refractivity contribution is -0.438. The van der Waals surface area contributed by atoms with Crippen molar-refractivity contribution in [2.24, 2.45) is 11.8 Å². The van der Waals surface area contributed by atoms with Gasteiger partial charge in [0.15, 0.2) is 11.5 Å². The van der Waals surface area contributed by atoms with Crippen LogP contribution in [0, 0.1) is 11.8 Å². The van der Waals surface area contributed by atoms with Crippen LogP contribution in [0.15, 0.2) is 180 Å². The van der Waals surface area contributed by atoms with Crippen LogP contribution in [-0.2, 0) is 93.5 Å². The maximum Gasteiger partial charge on any atom is 0.326 e. The van der Waals surface area contributed by atoms with Gasteiger partial charge in [0, 0.05) is 111 Å². The molecule has 5 aromatic carbocycles. The fourth-order valence-corrected chi connectivity index (χ4v) is 16.7. The van der Waals surface area contributed by atoms with Gasteiger partial charge in [-0.1, -0.05) is 155 Å². The third-order valence-electron chi connectivity index (χ3n) is 21.9. The summed E-state index contributed by atoms with van der Waals surface area (Å²) in [6, 6.07) is 36.3. The number of Topliss-reactive ketones (excluding diaryl/α,β-unsaturated/α-hetero) is 3. The van der Waals surface area contributed by atoms with E-state index in [1.807, 2.05) is 72.8 Å². The molecule has 3 aliphatic rings. The Morgan fingerprint density at radius 1 is 0.521 bits per heavy atom. The number of carboxylic acids is 4. The van der Waals surface area contributed by atoms with Gasteiger partial charge in [-0.15, -0.1) is 0 Å². The van der Waals surface area contributed by atoms with E-state index in [0.717, 1.165) is 57.0 Å². The molecule has 640 valence electrons. The van der Waals surface area contributed by atoms with Crippen molar-refractivity contribution in [1.29, 1.82) is 0 Å². The summed E-state index contributed by atoms with van der Waals surface area (Å²) < 4.78 is 75.4. The van der Waals surface area contributed by atoms with Crippen LogP contribution in [-0.4, -0.2) is 165 Å². The smallest absolute Gasteiger partial charge is 0.326 e. The molecular formula is C90H113N6O21S2+. The summed E-state index contributed by atoms with van der Waals surface area (Å²) >= 11 is 0. The molecule has 29 heteroatoms. The van der Waals surface area contributed by atoms with E-state index in [0.29, 0.717) is 99.9 Å². The third-order valence-corrected chi connectivity index (χ3v) is 23.6. The molecule has 5 atom stereocenters. The highest BCUT2D eigenvalue weighted by molar-refractivity contribution is 7.86. The van der Waals surface area contributed by atoms with Gasteiger partial charge in [0.2, 0.25) is 17.5 Å². The van der Waals surface area contributed by atoms with Crippen molar-refractivity contribution in [3.63, 3.8) is 0 Å². The Bertz CT molecular complexity index is 4820. The molecule has 2 aliphatic heterocycles. The van der Waals surface area contributed by atoms with Crippen molar-refractivity contribution in [3.8, 4) is 5.75 Å². The Balaban J connectivity index is 0.924. The second-order valence-electron chi connectivity index (χ2n) is 31.9. The summed E-state index contributed by atoms with van der Waals surface area (Å²) in [5, 5.41) is 49.2. The van der Waals surface area contributed by atoms with Crippen LogP contribution in [0.4, 0.5) is 16.2 Å². The molecule has 4 amide bonds. The zero-order valence-electron chi connectivity index (χ0n) is 68.1. The molecule has 119 heavy (non-hydrogen) atoms. The van der Waals surface area contributed by atoms with Crippen LogP contribution in [0.5, 0.6) is 5.75 Å². The number of ether oxygens (including phenoxy) is 1. The van der Waals surface area contributed by atoms with E-state index < -0.39 is 121 Å². The highest BCUT2D eigenvalue weighted by atomic mass is 32.2. The van der Waals surface area contributed by atoms with Crippen molar-refractivity contribution in [1.82, 2.24) is 21.3 Å². The molecule has 0 saturated carbocycles. The number of para-hydroxylation sites is 2. The van der Waals surface area contributed by atoms with Gasteiger partial charge in [-0.05, 0) is 155 Å². The average molecular weight is 1680 g/mol. The molecule has 10 N–H and O–H groups in total. The number of fused-ring (bicyclic) bond motifs is 2. The summed E-state index contributed by atoms with van der Waals surface area (Å²) in [7, 11) is -8.33. The van der Waals surface area contributed by atoms with Crippen molar-refractivity contribution in [2.75, 3.05) is 36.0 Å². The van der Waals surface area contributed by atoms with E-state index in [1.54, 1.807) is 48.5 Å². The number of nitrogens with zero attached hydrogens (tertiary/aromatic N) is 2.